The van der Waals surface area contributed by atoms with Gasteiger partial charge in [0.25, 0.3) is 7.82 Å². The summed E-state index contributed by atoms with van der Waals surface area (Å²) in [6.07, 6.45) is 113. The minimum Gasteiger partial charge on any atom is -0.756 e. The number of quaternary nitrogens is 1. The number of phosphoric ester groups is 1. The van der Waals surface area contributed by atoms with Crippen molar-refractivity contribution in [2.24, 2.45) is 0 Å². The maximum atomic E-state index is 12.9. The smallest absolute Gasteiger partial charge is 0.306 e. The molecule has 0 saturated heterocycles. The SMILES string of the molecule is CC/C=C\C/C=C\C/C=C\C/C=C\C/C=C\C/C=C\C/C=C\CCCCCCCCCCCCCCCCCCCC(=O)OC(COC(=O)CCCCCCCCCCCCCCCCCCCCCCCC/C=C\C/C=C\C/C=C\C/C=C\CC)COP(=O)([O-])OCC[N+](C)(C)C. The van der Waals surface area contributed by atoms with Crippen LogP contribution < -0.4 is 4.89 Å². The number of allylic oxidation sites excluding steroid dienone is 22. The van der Waals surface area contributed by atoms with Crippen molar-refractivity contribution < 1.29 is 42.1 Å². The van der Waals surface area contributed by atoms with Gasteiger partial charge in [-0.05, 0) is 109 Å². The molecule has 0 aromatic carbocycles. The predicted octanol–water partition coefficient (Wildman–Crippen LogP) is 26.9. The summed E-state index contributed by atoms with van der Waals surface area (Å²) in [5, 5.41) is 0. The molecule has 2 atom stereocenters. The molecule has 0 aromatic heterocycles. The molecule has 0 heterocycles. The van der Waals surface area contributed by atoms with Gasteiger partial charge in [0, 0.05) is 12.8 Å². The van der Waals surface area contributed by atoms with Crippen LogP contribution in [0.5, 0.6) is 0 Å². The molecule has 0 fully saturated rings. The van der Waals surface area contributed by atoms with E-state index in [4.69, 9.17) is 18.5 Å². The number of carbonyl (C=O) groups excluding carboxylic acids is 2. The lowest BCUT2D eigenvalue weighted by atomic mass is 10.0. The van der Waals surface area contributed by atoms with Gasteiger partial charge in [-0.3, -0.25) is 14.2 Å². The number of ether oxygens (including phenoxy) is 2. The molecule has 0 bridgehead atoms. The Morgan fingerprint density at radius 3 is 0.816 bits per heavy atom. The molecule has 564 valence electrons. The van der Waals surface area contributed by atoms with Gasteiger partial charge in [0.15, 0.2) is 6.10 Å². The summed E-state index contributed by atoms with van der Waals surface area (Å²) < 4.78 is 34.4. The van der Waals surface area contributed by atoms with E-state index < -0.39 is 26.5 Å². The highest BCUT2D eigenvalue weighted by atomic mass is 31.2. The van der Waals surface area contributed by atoms with E-state index in [2.05, 4.69) is 148 Å². The van der Waals surface area contributed by atoms with Gasteiger partial charge < -0.3 is 27.9 Å². The second kappa shape index (κ2) is 77.3. The molecule has 0 spiro atoms. The molecular weight excluding hydrogens is 1230 g/mol. The third kappa shape index (κ3) is 81.1. The van der Waals surface area contributed by atoms with E-state index in [1.54, 1.807) is 0 Å². The fourth-order valence-corrected chi connectivity index (χ4v) is 12.2. The van der Waals surface area contributed by atoms with E-state index in [0.29, 0.717) is 17.4 Å². The van der Waals surface area contributed by atoms with Crippen LogP contribution in [-0.2, 0) is 32.7 Å². The minimum atomic E-state index is -4.65. The zero-order chi connectivity index (χ0) is 71.1. The van der Waals surface area contributed by atoms with E-state index in [-0.39, 0.29) is 32.0 Å². The first-order chi connectivity index (χ1) is 48.0. The van der Waals surface area contributed by atoms with E-state index >= 15 is 0 Å². The number of rotatable bonds is 75. The topological polar surface area (TPSA) is 111 Å². The molecule has 9 nitrogen and oxygen atoms in total. The Bertz CT molecular complexity index is 2120. The van der Waals surface area contributed by atoms with Crippen molar-refractivity contribution in [3.63, 3.8) is 0 Å². The fourth-order valence-electron chi connectivity index (χ4n) is 11.5. The Balaban J connectivity index is 3.95. The number of esters is 2. The molecular formula is C88H154NO8P. The van der Waals surface area contributed by atoms with Gasteiger partial charge in [0.05, 0.1) is 27.7 Å². The molecule has 0 aliphatic heterocycles. The van der Waals surface area contributed by atoms with Crippen LogP contribution in [0.25, 0.3) is 0 Å². The molecule has 0 aromatic rings. The summed E-state index contributed by atoms with van der Waals surface area (Å²) in [6, 6.07) is 0. The summed E-state index contributed by atoms with van der Waals surface area (Å²) in [4.78, 5) is 38.2. The molecule has 0 rings (SSSR count). The summed E-state index contributed by atoms with van der Waals surface area (Å²) in [5.74, 6) is -0.820. The minimum absolute atomic E-state index is 0.0326. The lowest BCUT2D eigenvalue weighted by Crippen LogP contribution is -2.37. The number of nitrogens with zero attached hydrogens (tertiary/aromatic N) is 1. The van der Waals surface area contributed by atoms with Crippen LogP contribution in [0.4, 0.5) is 0 Å². The summed E-state index contributed by atoms with van der Waals surface area (Å²) in [7, 11) is 1.17. The highest BCUT2D eigenvalue weighted by molar-refractivity contribution is 7.45. The Morgan fingerprint density at radius 1 is 0.316 bits per heavy atom. The molecule has 0 amide bonds. The molecule has 98 heavy (non-hydrogen) atoms. The van der Waals surface area contributed by atoms with Gasteiger partial charge in [0.2, 0.25) is 0 Å². The number of hydrogen-bond acceptors (Lipinski definition) is 8. The van der Waals surface area contributed by atoms with Gasteiger partial charge in [-0.1, -0.05) is 372 Å². The normalized spacial score (nSPS) is 13.7. The molecule has 10 heteroatoms. The van der Waals surface area contributed by atoms with Gasteiger partial charge in [-0.15, -0.1) is 0 Å². The van der Waals surface area contributed by atoms with Crippen LogP contribution >= 0.6 is 7.82 Å². The Hall–Kier alpha value is -3.85. The van der Waals surface area contributed by atoms with Crippen molar-refractivity contribution in [1.29, 1.82) is 0 Å². The van der Waals surface area contributed by atoms with Crippen LogP contribution in [0.3, 0.4) is 0 Å². The van der Waals surface area contributed by atoms with E-state index in [1.807, 2.05) is 21.1 Å². The van der Waals surface area contributed by atoms with Gasteiger partial charge in [-0.25, -0.2) is 0 Å². The highest BCUT2D eigenvalue weighted by Crippen LogP contribution is 2.38. The average molecular weight is 1390 g/mol. The third-order valence-electron chi connectivity index (χ3n) is 17.7. The van der Waals surface area contributed by atoms with Gasteiger partial charge in [-0.2, -0.15) is 0 Å². The number of carbonyl (C=O) groups is 2. The zero-order valence-corrected chi connectivity index (χ0v) is 65.3. The van der Waals surface area contributed by atoms with Crippen LogP contribution in [0.15, 0.2) is 134 Å². The highest BCUT2D eigenvalue weighted by Gasteiger charge is 2.22. The molecule has 0 saturated carbocycles. The maximum absolute atomic E-state index is 12.9. The van der Waals surface area contributed by atoms with Crippen molar-refractivity contribution in [2.45, 2.75) is 367 Å². The molecule has 0 N–H and O–H groups in total. The third-order valence-corrected chi connectivity index (χ3v) is 18.6. The predicted molar refractivity (Wildman–Crippen MR) is 424 cm³/mol. The standard InChI is InChI=1S/C88H154NO8P/c1-6-8-10-12-14-16-18-20-22-24-26-28-30-32-34-36-38-40-42-43-44-45-47-49-51-53-55-57-59-61-63-65-67-69-71-73-75-77-79-81-88(91)97-86(85-96-98(92,93)95-83-82-89(3,4)5)84-94-87(90)80-78-76-74-72-70-68-66-64-62-60-58-56-54-52-50-48-46-41-39-37-35-33-31-29-27-25-23-21-19-17-15-13-11-9-7-2/h8-11,14-17,20-23,26-29,32,34,38,40,43-44,86H,6-7,12-13,18-19,24-25,30-31,33,35-37,39,41-42,45-85H2,1-5H3/b10-8-,11-9-,16-14-,17-15-,22-20-,23-21-,28-26-,29-27-,34-32-,40-38-,44-43-. The van der Waals surface area contributed by atoms with Crippen LogP contribution in [0.1, 0.15) is 361 Å². The monoisotopic (exact) mass is 1380 g/mol. The van der Waals surface area contributed by atoms with Crippen molar-refractivity contribution in [2.75, 3.05) is 47.5 Å². The van der Waals surface area contributed by atoms with Crippen molar-refractivity contribution >= 4 is 19.8 Å². The van der Waals surface area contributed by atoms with Gasteiger partial charge in [0.1, 0.15) is 19.8 Å². The second-order valence-corrected chi connectivity index (χ2v) is 29.8. The number of likely N-dealkylation sites (N-methyl/N-ethyl adjacent to an activating group) is 1. The summed E-state index contributed by atoms with van der Waals surface area (Å²) >= 11 is 0. The van der Waals surface area contributed by atoms with Crippen molar-refractivity contribution in [1.82, 2.24) is 0 Å². The largest absolute Gasteiger partial charge is 0.756 e. The van der Waals surface area contributed by atoms with E-state index in [1.165, 1.54) is 218 Å². The average Bonchev–Trinajstić information content (AvgIpc) is 1.23. The molecule has 0 aliphatic carbocycles. The van der Waals surface area contributed by atoms with E-state index in [0.717, 1.165) is 109 Å². The number of phosphoric acid groups is 1. The quantitative estimate of drug-likeness (QED) is 0.0195. The Morgan fingerprint density at radius 2 is 0.551 bits per heavy atom. The molecule has 2 unspecified atom stereocenters. The molecule has 0 radical (unpaired) electrons. The summed E-state index contributed by atoms with van der Waals surface area (Å²) in [6.45, 7) is 4.05. The Kier molecular flexibility index (Phi) is 74.3. The second-order valence-electron chi connectivity index (χ2n) is 28.4. The first-order valence-electron chi connectivity index (χ1n) is 40.9. The van der Waals surface area contributed by atoms with Crippen LogP contribution in [0, 0.1) is 0 Å². The van der Waals surface area contributed by atoms with E-state index in [9.17, 15) is 19.0 Å². The van der Waals surface area contributed by atoms with Crippen molar-refractivity contribution in [3.8, 4) is 0 Å². The zero-order valence-electron chi connectivity index (χ0n) is 64.5. The van der Waals surface area contributed by atoms with Crippen molar-refractivity contribution in [3.05, 3.63) is 134 Å². The molecule has 0 aliphatic rings. The number of hydrogen-bond donors (Lipinski definition) is 0. The van der Waals surface area contributed by atoms with Gasteiger partial charge >= 0.3 is 11.9 Å². The Labute approximate surface area is 606 Å². The lowest BCUT2D eigenvalue weighted by Gasteiger charge is -2.28. The number of unbranched alkanes of at least 4 members (excludes halogenated alkanes) is 39. The fraction of sp³-hybridized carbons (Fsp3) is 0.727. The first kappa shape index (κ1) is 94.2. The lowest BCUT2D eigenvalue weighted by molar-refractivity contribution is -0.870. The van der Waals surface area contributed by atoms with Crippen LogP contribution in [-0.4, -0.2) is 70.0 Å². The van der Waals surface area contributed by atoms with Crippen LogP contribution in [0.2, 0.25) is 0 Å². The maximum Gasteiger partial charge on any atom is 0.306 e. The summed E-state index contributed by atoms with van der Waals surface area (Å²) in [5.41, 5.74) is 0. The first-order valence-corrected chi connectivity index (χ1v) is 42.4.